The van der Waals surface area contributed by atoms with E-state index in [0.29, 0.717) is 5.92 Å². The monoisotopic (exact) mass is 480 g/mol. The molecule has 3 aliphatic heterocycles. The molecule has 0 amide bonds. The molecule has 7 nitrogen and oxygen atoms in total. The van der Waals surface area contributed by atoms with Gasteiger partial charge in [0.2, 0.25) is 0 Å². The van der Waals surface area contributed by atoms with Crippen molar-refractivity contribution in [2.75, 3.05) is 23.3 Å². The lowest BCUT2D eigenvalue weighted by atomic mass is 9.93. The maximum absolute atomic E-state index is 10.3. The van der Waals surface area contributed by atoms with Gasteiger partial charge in [0.05, 0.1) is 28.7 Å². The number of hydrogen-bond acceptors (Lipinski definition) is 6. The first kappa shape index (κ1) is 22.6. The molecule has 184 valence electrons. The number of rotatable bonds is 3. The number of anilines is 2. The van der Waals surface area contributed by atoms with Gasteiger partial charge in [-0.2, -0.15) is 5.10 Å². The summed E-state index contributed by atoms with van der Waals surface area (Å²) in [6.45, 7) is 5.90. The summed E-state index contributed by atoms with van der Waals surface area (Å²) in [5.41, 5.74) is 5.61. The van der Waals surface area contributed by atoms with Crippen LogP contribution >= 0.6 is 0 Å². The van der Waals surface area contributed by atoms with E-state index in [9.17, 15) is 5.11 Å². The number of H-pyrrole nitrogens is 1. The van der Waals surface area contributed by atoms with Crippen molar-refractivity contribution in [3.8, 4) is 0 Å². The largest absolute Gasteiger partial charge is 0.390 e. The predicted molar refractivity (Wildman–Crippen MR) is 146 cm³/mol. The standard InChI is InChI=1S/C29H32N6O/c1-20-3-10-27-28(31-23-6-8-24(9-7-23)34-15-12-29(2,36)13-16-34)32-26(19-35(27)14-11-20)21-4-5-22-18-30-33-25(22)17-21/h4-11,14,17-20,36H,3,12-13,15-16H2,1-2H3,(H,30,33)(H,31,32). The Morgan fingerprint density at radius 3 is 2.72 bits per heavy atom. The van der Waals surface area contributed by atoms with Crippen LogP contribution in [0.3, 0.4) is 0 Å². The lowest BCUT2D eigenvalue weighted by Crippen LogP contribution is -2.42. The van der Waals surface area contributed by atoms with Crippen molar-refractivity contribution in [1.82, 2.24) is 15.1 Å². The van der Waals surface area contributed by atoms with Crippen LogP contribution in [0.1, 0.15) is 38.7 Å². The molecule has 3 aliphatic rings. The van der Waals surface area contributed by atoms with Crippen LogP contribution in [0.5, 0.6) is 0 Å². The Morgan fingerprint density at radius 1 is 1.11 bits per heavy atom. The van der Waals surface area contributed by atoms with E-state index >= 15 is 0 Å². The first-order valence-electron chi connectivity index (χ1n) is 12.7. The lowest BCUT2D eigenvalue weighted by molar-refractivity contribution is 0.0351. The summed E-state index contributed by atoms with van der Waals surface area (Å²) in [6.07, 6.45) is 13.1. The number of piperidine rings is 1. The molecule has 0 saturated carbocycles. The number of nitrogens with zero attached hydrogens (tertiary/aromatic N) is 4. The molecule has 7 heteroatoms. The van der Waals surface area contributed by atoms with E-state index < -0.39 is 5.60 Å². The zero-order valence-electron chi connectivity index (χ0n) is 20.8. The van der Waals surface area contributed by atoms with Crippen LogP contribution in [0.25, 0.3) is 16.6 Å². The van der Waals surface area contributed by atoms with E-state index in [4.69, 9.17) is 4.99 Å². The second-order valence-corrected chi connectivity index (χ2v) is 10.4. The average molecular weight is 481 g/mol. The molecule has 0 spiro atoms. The van der Waals surface area contributed by atoms with E-state index in [-0.39, 0.29) is 0 Å². The van der Waals surface area contributed by atoms with Gasteiger partial charge >= 0.3 is 0 Å². The van der Waals surface area contributed by atoms with Crippen molar-refractivity contribution < 1.29 is 5.11 Å². The van der Waals surface area contributed by atoms with Gasteiger partial charge in [0, 0.05) is 47.8 Å². The van der Waals surface area contributed by atoms with Crippen LogP contribution in [-0.4, -0.2) is 44.7 Å². The smallest absolute Gasteiger partial charge is 0.155 e. The van der Waals surface area contributed by atoms with Crippen molar-refractivity contribution in [1.29, 1.82) is 0 Å². The number of aromatic nitrogens is 2. The van der Waals surface area contributed by atoms with E-state index in [1.54, 1.807) is 0 Å². The van der Waals surface area contributed by atoms with Crippen LogP contribution in [-0.2, 0) is 0 Å². The zero-order valence-corrected chi connectivity index (χ0v) is 20.8. The molecule has 1 atom stereocenters. The topological polar surface area (TPSA) is 79.8 Å². The van der Waals surface area contributed by atoms with Crippen molar-refractivity contribution in [2.45, 2.75) is 38.7 Å². The highest BCUT2D eigenvalue weighted by atomic mass is 16.3. The fraction of sp³-hybridized carbons (Fsp3) is 0.310. The normalized spacial score (nSPS) is 21.4. The van der Waals surface area contributed by atoms with Gasteiger partial charge in [0.25, 0.3) is 0 Å². The Morgan fingerprint density at radius 2 is 1.92 bits per heavy atom. The first-order chi connectivity index (χ1) is 17.4. The summed E-state index contributed by atoms with van der Waals surface area (Å²) in [5, 5.41) is 22.1. The second kappa shape index (κ2) is 8.99. The van der Waals surface area contributed by atoms with Crippen molar-refractivity contribution in [3.05, 3.63) is 84.5 Å². The minimum absolute atomic E-state index is 0.465. The quantitative estimate of drug-likeness (QED) is 0.463. The highest BCUT2D eigenvalue weighted by Crippen LogP contribution is 2.31. The summed E-state index contributed by atoms with van der Waals surface area (Å²) in [4.78, 5) is 9.58. The van der Waals surface area contributed by atoms with Gasteiger partial charge in [0.1, 0.15) is 0 Å². The maximum Gasteiger partial charge on any atom is 0.155 e. The second-order valence-electron chi connectivity index (χ2n) is 10.4. The molecule has 36 heavy (non-hydrogen) atoms. The number of nitrogens with one attached hydrogen (secondary N) is 2. The van der Waals surface area contributed by atoms with Gasteiger partial charge in [-0.05, 0) is 62.4 Å². The maximum atomic E-state index is 10.3. The molecule has 0 aliphatic carbocycles. The molecule has 0 bridgehead atoms. The summed E-state index contributed by atoms with van der Waals surface area (Å²) in [5.74, 6) is 1.30. The number of hydrogen-bond donors (Lipinski definition) is 3. The Bertz CT molecular complexity index is 1380. The van der Waals surface area contributed by atoms with E-state index in [1.807, 2.05) is 13.1 Å². The number of aromatic amines is 1. The average Bonchev–Trinajstić information content (AvgIpc) is 3.27. The van der Waals surface area contributed by atoms with E-state index in [0.717, 1.165) is 71.7 Å². The van der Waals surface area contributed by atoms with Crippen LogP contribution in [0.2, 0.25) is 0 Å². The lowest BCUT2D eigenvalue weighted by Gasteiger charge is -2.37. The van der Waals surface area contributed by atoms with E-state index in [2.05, 4.69) is 99.3 Å². The SMILES string of the molecule is CC1C=CN2C=C(c3ccc4cn[nH]c4c3)N=C(Nc3ccc(N4CCC(C)(O)CC4)cc3)C2=CC1. The number of allylic oxidation sites excluding steroid dienone is 2. The highest BCUT2D eigenvalue weighted by Gasteiger charge is 2.27. The third-order valence-electron chi connectivity index (χ3n) is 7.35. The molecule has 6 rings (SSSR count). The summed E-state index contributed by atoms with van der Waals surface area (Å²) >= 11 is 0. The van der Waals surface area contributed by atoms with Gasteiger partial charge in [-0.1, -0.05) is 31.2 Å². The molecule has 2 aromatic carbocycles. The van der Waals surface area contributed by atoms with Crippen LogP contribution in [0, 0.1) is 5.92 Å². The van der Waals surface area contributed by atoms with Crippen LogP contribution in [0.4, 0.5) is 11.4 Å². The number of amidine groups is 1. The Hall–Kier alpha value is -3.84. The molecular weight excluding hydrogens is 448 g/mol. The van der Waals surface area contributed by atoms with Crippen molar-refractivity contribution in [3.63, 3.8) is 0 Å². The predicted octanol–water partition coefficient (Wildman–Crippen LogP) is 5.48. The van der Waals surface area contributed by atoms with Crippen molar-refractivity contribution in [2.24, 2.45) is 10.9 Å². The number of fused-ring (bicyclic) bond motifs is 2. The van der Waals surface area contributed by atoms with Gasteiger partial charge in [-0.25, -0.2) is 4.99 Å². The highest BCUT2D eigenvalue weighted by molar-refractivity contribution is 6.11. The Kier molecular flexibility index (Phi) is 5.64. The number of aliphatic imine (C=N–C) groups is 1. The minimum Gasteiger partial charge on any atom is -0.390 e. The fourth-order valence-electron chi connectivity index (χ4n) is 4.94. The molecule has 3 N–H and O–H groups in total. The van der Waals surface area contributed by atoms with Crippen LogP contribution < -0.4 is 10.2 Å². The third-order valence-corrected chi connectivity index (χ3v) is 7.35. The van der Waals surface area contributed by atoms with Crippen molar-refractivity contribution >= 4 is 33.8 Å². The molecule has 1 unspecified atom stereocenters. The summed E-state index contributed by atoms with van der Waals surface area (Å²) < 4.78 is 0. The molecular formula is C29H32N6O. The summed E-state index contributed by atoms with van der Waals surface area (Å²) in [6, 6.07) is 14.8. The number of benzene rings is 2. The van der Waals surface area contributed by atoms with E-state index in [1.165, 1.54) is 5.69 Å². The summed E-state index contributed by atoms with van der Waals surface area (Å²) in [7, 11) is 0. The molecule has 1 saturated heterocycles. The molecule has 4 heterocycles. The molecule has 3 aromatic rings. The zero-order chi connectivity index (χ0) is 24.7. The van der Waals surface area contributed by atoms with Gasteiger partial charge < -0.3 is 20.2 Å². The fourth-order valence-corrected chi connectivity index (χ4v) is 4.94. The Labute approximate surface area is 211 Å². The third kappa shape index (κ3) is 4.54. The van der Waals surface area contributed by atoms with Crippen LogP contribution in [0.15, 0.2) is 83.9 Å². The van der Waals surface area contributed by atoms with Gasteiger partial charge in [-0.15, -0.1) is 0 Å². The number of aliphatic hydroxyl groups is 1. The minimum atomic E-state index is -0.547. The molecule has 1 fully saturated rings. The first-order valence-corrected chi connectivity index (χ1v) is 12.7. The van der Waals surface area contributed by atoms with Gasteiger partial charge in [-0.3, -0.25) is 5.10 Å². The molecule has 1 aromatic heterocycles. The molecule has 0 radical (unpaired) electrons. The Balaban J connectivity index is 1.29. The van der Waals surface area contributed by atoms with Gasteiger partial charge in [0.15, 0.2) is 5.84 Å².